The lowest BCUT2D eigenvalue weighted by Crippen LogP contribution is -2.36. The number of thiophene rings is 1. The van der Waals surface area contributed by atoms with Crippen LogP contribution in [0.3, 0.4) is 0 Å². The first-order valence-electron chi connectivity index (χ1n) is 6.18. The van der Waals surface area contributed by atoms with Gasteiger partial charge in [-0.25, -0.2) is 0 Å². The van der Waals surface area contributed by atoms with Gasteiger partial charge in [0.2, 0.25) is 0 Å². The first-order chi connectivity index (χ1) is 8.58. The fourth-order valence-electron chi connectivity index (χ4n) is 1.44. The maximum absolute atomic E-state index is 12.0. The van der Waals surface area contributed by atoms with E-state index in [1.807, 2.05) is 19.1 Å². The molecule has 1 aromatic heterocycles. The van der Waals surface area contributed by atoms with Crippen molar-refractivity contribution in [2.45, 2.75) is 33.2 Å². The van der Waals surface area contributed by atoms with Crippen LogP contribution in [0.2, 0.25) is 0 Å². The number of hydrogen-bond acceptors (Lipinski definition) is 3. The predicted molar refractivity (Wildman–Crippen MR) is 76.6 cm³/mol. The highest BCUT2D eigenvalue weighted by atomic mass is 32.1. The minimum atomic E-state index is -0.0198. The molecule has 1 rings (SSSR count). The molecule has 3 nitrogen and oxygen atoms in total. The Kier molecular flexibility index (Phi) is 5.90. The van der Waals surface area contributed by atoms with Crippen molar-refractivity contribution in [1.29, 1.82) is 0 Å². The zero-order valence-corrected chi connectivity index (χ0v) is 11.9. The number of carbonyl (C=O) groups excluding carboxylic acids is 1. The van der Waals surface area contributed by atoms with Gasteiger partial charge in [-0.15, -0.1) is 11.3 Å². The molecule has 18 heavy (non-hydrogen) atoms. The summed E-state index contributed by atoms with van der Waals surface area (Å²) in [6.07, 6.45) is 1.05. The van der Waals surface area contributed by atoms with E-state index in [1.165, 1.54) is 11.3 Å². The summed E-state index contributed by atoms with van der Waals surface area (Å²) in [5.74, 6) is 6.17. The summed E-state index contributed by atoms with van der Waals surface area (Å²) in [5, 5.41) is 3.01. The van der Waals surface area contributed by atoms with E-state index in [0.29, 0.717) is 17.3 Å². The summed E-state index contributed by atoms with van der Waals surface area (Å²) >= 11 is 1.40. The molecule has 0 saturated heterocycles. The summed E-state index contributed by atoms with van der Waals surface area (Å²) in [6.45, 7) is 6.63. The van der Waals surface area contributed by atoms with E-state index in [1.54, 1.807) is 0 Å². The van der Waals surface area contributed by atoms with E-state index in [2.05, 4.69) is 31.0 Å². The van der Waals surface area contributed by atoms with E-state index < -0.39 is 0 Å². The molecule has 0 saturated carbocycles. The molecule has 0 aliphatic carbocycles. The van der Waals surface area contributed by atoms with Gasteiger partial charge in [0.25, 0.3) is 5.91 Å². The highest BCUT2D eigenvalue weighted by molar-refractivity contribution is 7.14. The van der Waals surface area contributed by atoms with Crippen molar-refractivity contribution in [1.82, 2.24) is 5.32 Å². The molecular formula is C14H20N2OS. The van der Waals surface area contributed by atoms with Crippen LogP contribution < -0.4 is 11.1 Å². The molecule has 0 bridgehead atoms. The number of carbonyl (C=O) groups is 1. The molecule has 0 aliphatic heterocycles. The van der Waals surface area contributed by atoms with E-state index in [9.17, 15) is 4.79 Å². The zero-order chi connectivity index (χ0) is 13.5. The highest BCUT2D eigenvalue weighted by Crippen LogP contribution is 2.16. The lowest BCUT2D eigenvalue weighted by molar-refractivity contribution is 0.0932. The number of hydrogen-bond donors (Lipinski definition) is 2. The molecule has 0 spiro atoms. The summed E-state index contributed by atoms with van der Waals surface area (Å²) in [7, 11) is 0. The molecule has 0 radical (unpaired) electrons. The van der Waals surface area contributed by atoms with E-state index in [4.69, 9.17) is 5.73 Å². The summed E-state index contributed by atoms with van der Waals surface area (Å²) in [6, 6.07) is 3.85. The Morgan fingerprint density at radius 1 is 1.50 bits per heavy atom. The van der Waals surface area contributed by atoms with Crippen LogP contribution in [0.25, 0.3) is 0 Å². The smallest absolute Gasteiger partial charge is 0.261 e. The van der Waals surface area contributed by atoms with Crippen LogP contribution in [0.4, 0.5) is 0 Å². The largest absolute Gasteiger partial charge is 0.349 e. The van der Waals surface area contributed by atoms with Gasteiger partial charge < -0.3 is 11.1 Å². The minimum absolute atomic E-state index is 0.0198. The third-order valence-corrected chi connectivity index (χ3v) is 4.00. The van der Waals surface area contributed by atoms with E-state index in [0.717, 1.165) is 11.3 Å². The van der Waals surface area contributed by atoms with Crippen molar-refractivity contribution in [2.24, 2.45) is 11.7 Å². The van der Waals surface area contributed by atoms with E-state index in [-0.39, 0.29) is 11.9 Å². The second-order valence-electron chi connectivity index (χ2n) is 4.32. The van der Waals surface area contributed by atoms with Crippen molar-refractivity contribution in [3.05, 3.63) is 21.9 Å². The van der Waals surface area contributed by atoms with Gasteiger partial charge in [-0.05, 0) is 25.0 Å². The molecule has 0 aromatic carbocycles. The topological polar surface area (TPSA) is 55.1 Å². The van der Waals surface area contributed by atoms with Crippen LogP contribution in [-0.2, 0) is 0 Å². The van der Waals surface area contributed by atoms with Gasteiger partial charge in [-0.2, -0.15) is 0 Å². The minimum Gasteiger partial charge on any atom is -0.349 e. The van der Waals surface area contributed by atoms with Crippen molar-refractivity contribution in [3.8, 4) is 11.8 Å². The maximum atomic E-state index is 12.0. The number of amides is 1. The van der Waals surface area contributed by atoms with Gasteiger partial charge in [0, 0.05) is 6.04 Å². The lowest BCUT2D eigenvalue weighted by atomic mass is 10.0. The Bertz CT molecular complexity index is 456. The number of nitrogens with two attached hydrogens (primary N) is 1. The molecule has 0 aliphatic rings. The maximum Gasteiger partial charge on any atom is 0.261 e. The van der Waals surface area contributed by atoms with Gasteiger partial charge in [0.05, 0.1) is 16.3 Å². The quantitative estimate of drug-likeness (QED) is 0.819. The van der Waals surface area contributed by atoms with Crippen molar-refractivity contribution < 1.29 is 4.79 Å². The molecule has 4 heteroatoms. The predicted octanol–water partition coefficient (Wildman–Crippen LogP) is 2.22. The molecule has 1 amide bonds. The number of nitrogens with one attached hydrogen (secondary N) is 1. The van der Waals surface area contributed by atoms with Crippen LogP contribution in [-0.4, -0.2) is 18.5 Å². The first-order valence-corrected chi connectivity index (χ1v) is 6.99. The first kappa shape index (κ1) is 14.7. The van der Waals surface area contributed by atoms with Crippen molar-refractivity contribution in [2.75, 3.05) is 6.54 Å². The summed E-state index contributed by atoms with van der Waals surface area (Å²) < 4.78 is 0. The summed E-state index contributed by atoms with van der Waals surface area (Å²) in [4.78, 5) is 13.6. The van der Waals surface area contributed by atoms with Gasteiger partial charge >= 0.3 is 0 Å². The molecule has 98 valence electrons. The molecular weight excluding hydrogens is 244 g/mol. The monoisotopic (exact) mass is 264 g/mol. The average Bonchev–Trinajstić information content (AvgIpc) is 2.83. The second kappa shape index (κ2) is 7.20. The average molecular weight is 264 g/mol. The van der Waals surface area contributed by atoms with Crippen molar-refractivity contribution in [3.63, 3.8) is 0 Å². The van der Waals surface area contributed by atoms with Crippen LogP contribution >= 0.6 is 11.3 Å². The van der Waals surface area contributed by atoms with Gasteiger partial charge in [-0.1, -0.05) is 32.1 Å². The molecule has 0 fully saturated rings. The Morgan fingerprint density at radius 3 is 2.83 bits per heavy atom. The fraction of sp³-hybridized carbons (Fsp3) is 0.500. The Balaban J connectivity index is 2.64. The third kappa shape index (κ3) is 4.17. The number of rotatable bonds is 4. The van der Waals surface area contributed by atoms with Crippen LogP contribution in [0.1, 0.15) is 41.7 Å². The van der Waals surface area contributed by atoms with Gasteiger partial charge in [-0.3, -0.25) is 4.79 Å². The molecule has 2 unspecified atom stereocenters. The van der Waals surface area contributed by atoms with Crippen LogP contribution in [0, 0.1) is 17.8 Å². The van der Waals surface area contributed by atoms with Gasteiger partial charge in [0.1, 0.15) is 0 Å². The lowest BCUT2D eigenvalue weighted by Gasteiger charge is -2.19. The van der Waals surface area contributed by atoms with Gasteiger partial charge in [0.15, 0.2) is 0 Å². The molecule has 1 heterocycles. The molecule has 2 atom stereocenters. The Morgan fingerprint density at radius 2 is 2.22 bits per heavy atom. The van der Waals surface area contributed by atoms with Crippen molar-refractivity contribution >= 4 is 17.2 Å². The normalized spacial score (nSPS) is 13.3. The van der Waals surface area contributed by atoms with Crippen LogP contribution in [0.5, 0.6) is 0 Å². The Labute approximate surface area is 113 Å². The summed E-state index contributed by atoms with van der Waals surface area (Å²) in [5.41, 5.74) is 5.31. The SMILES string of the molecule is CCC(C)C(C)NC(=O)c1ccc(C#CCN)s1. The third-order valence-electron chi connectivity index (χ3n) is 3.00. The van der Waals surface area contributed by atoms with E-state index >= 15 is 0 Å². The molecule has 1 aromatic rings. The van der Waals surface area contributed by atoms with Crippen LogP contribution in [0.15, 0.2) is 12.1 Å². The standard InChI is InChI=1S/C14H20N2OS/c1-4-10(2)11(3)16-14(17)13-8-7-12(18-13)6-5-9-15/h7-8,10-11H,4,9,15H2,1-3H3,(H,16,17). The second-order valence-corrected chi connectivity index (χ2v) is 5.40. The highest BCUT2D eigenvalue weighted by Gasteiger charge is 2.15. The molecule has 3 N–H and O–H groups in total. The fourth-order valence-corrected chi connectivity index (χ4v) is 2.22. The zero-order valence-electron chi connectivity index (χ0n) is 11.1. The Hall–Kier alpha value is -1.31.